The average molecular weight is 381 g/mol. The number of piperidine rings is 1. The molecule has 7 nitrogen and oxygen atoms in total. The molecule has 1 saturated heterocycles. The van der Waals surface area contributed by atoms with Crippen LogP contribution in [0, 0.1) is 0 Å². The Balaban J connectivity index is 1.73. The molecule has 1 aromatic rings. The number of carbonyl (C=O) groups is 2. The summed E-state index contributed by atoms with van der Waals surface area (Å²) >= 11 is 5.93. The lowest BCUT2D eigenvalue weighted by atomic mass is 10.1. The van der Waals surface area contributed by atoms with Gasteiger partial charge in [-0.25, -0.2) is 0 Å². The number of aliphatic imine (C=N–C) groups is 1. The van der Waals surface area contributed by atoms with Crippen LogP contribution in [0.1, 0.15) is 19.3 Å². The molecule has 8 heteroatoms. The van der Waals surface area contributed by atoms with Crippen molar-refractivity contribution in [2.24, 2.45) is 4.99 Å². The normalized spacial score (nSPS) is 15.2. The minimum Gasteiger partial charge on any atom is -0.492 e. The van der Waals surface area contributed by atoms with Crippen molar-refractivity contribution >= 4 is 29.4 Å². The first-order valence-electron chi connectivity index (χ1n) is 8.64. The third-order valence-electron chi connectivity index (χ3n) is 4.07. The van der Waals surface area contributed by atoms with Crippen LogP contribution < -0.4 is 10.1 Å². The van der Waals surface area contributed by atoms with Gasteiger partial charge in [0, 0.05) is 45.0 Å². The number of ether oxygens (including phenoxy) is 1. The molecule has 142 valence electrons. The Morgan fingerprint density at radius 2 is 2.08 bits per heavy atom. The van der Waals surface area contributed by atoms with Crippen molar-refractivity contribution in [3.05, 3.63) is 29.3 Å². The van der Waals surface area contributed by atoms with Gasteiger partial charge >= 0.3 is 0 Å². The highest BCUT2D eigenvalue weighted by Gasteiger charge is 2.25. The van der Waals surface area contributed by atoms with Crippen LogP contribution in [0.2, 0.25) is 5.02 Å². The van der Waals surface area contributed by atoms with Gasteiger partial charge in [-0.2, -0.15) is 0 Å². The lowest BCUT2D eigenvalue weighted by molar-refractivity contribution is -0.147. The molecule has 2 rings (SSSR count). The van der Waals surface area contributed by atoms with Crippen molar-refractivity contribution in [1.29, 1.82) is 0 Å². The predicted octanol–water partition coefficient (Wildman–Crippen LogP) is 1.77. The largest absolute Gasteiger partial charge is 0.492 e. The van der Waals surface area contributed by atoms with E-state index in [-0.39, 0.29) is 11.8 Å². The number of benzene rings is 1. The van der Waals surface area contributed by atoms with Gasteiger partial charge in [-0.1, -0.05) is 17.7 Å². The van der Waals surface area contributed by atoms with Crippen LogP contribution in [0.5, 0.6) is 5.75 Å². The SMILES string of the molecule is CN=C(NCCN1C(=O)CCCC1=O)N(C)CCOc1cccc(Cl)c1. The van der Waals surface area contributed by atoms with Gasteiger partial charge in [0.1, 0.15) is 12.4 Å². The molecule has 0 aliphatic carbocycles. The number of hydrogen-bond donors (Lipinski definition) is 1. The zero-order valence-corrected chi connectivity index (χ0v) is 16.0. The number of guanidine groups is 1. The highest BCUT2D eigenvalue weighted by Crippen LogP contribution is 2.16. The monoisotopic (exact) mass is 380 g/mol. The summed E-state index contributed by atoms with van der Waals surface area (Å²) in [4.78, 5) is 31.1. The van der Waals surface area contributed by atoms with Gasteiger partial charge in [-0.3, -0.25) is 19.5 Å². The number of likely N-dealkylation sites (N-methyl/N-ethyl adjacent to an activating group) is 1. The molecular weight excluding hydrogens is 356 g/mol. The first kappa shape index (κ1) is 20.0. The van der Waals surface area contributed by atoms with Gasteiger partial charge in [-0.05, 0) is 24.6 Å². The maximum atomic E-state index is 11.8. The van der Waals surface area contributed by atoms with Crippen LogP contribution in [-0.2, 0) is 9.59 Å². The summed E-state index contributed by atoms with van der Waals surface area (Å²) in [6, 6.07) is 7.25. The van der Waals surface area contributed by atoms with Crippen molar-refractivity contribution in [3.63, 3.8) is 0 Å². The molecule has 1 aliphatic rings. The smallest absolute Gasteiger partial charge is 0.229 e. The number of hydrogen-bond acceptors (Lipinski definition) is 4. The fourth-order valence-corrected chi connectivity index (χ4v) is 2.86. The Labute approximate surface area is 159 Å². The van der Waals surface area contributed by atoms with Crippen LogP contribution in [0.4, 0.5) is 0 Å². The molecule has 1 N–H and O–H groups in total. The third-order valence-corrected chi connectivity index (χ3v) is 4.30. The predicted molar refractivity (Wildman–Crippen MR) is 102 cm³/mol. The topological polar surface area (TPSA) is 74.2 Å². The van der Waals surface area contributed by atoms with E-state index in [0.29, 0.717) is 56.5 Å². The highest BCUT2D eigenvalue weighted by atomic mass is 35.5. The van der Waals surface area contributed by atoms with Gasteiger partial charge in [0.15, 0.2) is 5.96 Å². The fourth-order valence-electron chi connectivity index (χ4n) is 2.68. The summed E-state index contributed by atoms with van der Waals surface area (Å²) in [6.07, 6.45) is 1.54. The van der Waals surface area contributed by atoms with Crippen LogP contribution in [0.3, 0.4) is 0 Å². The van der Waals surface area contributed by atoms with E-state index in [0.717, 1.165) is 5.75 Å². The van der Waals surface area contributed by atoms with E-state index < -0.39 is 0 Å². The first-order valence-corrected chi connectivity index (χ1v) is 9.02. The standard InChI is InChI=1S/C18H25ClN4O3/c1-20-18(21-9-10-23-16(24)7-4-8-17(23)25)22(2)11-12-26-15-6-3-5-14(19)13-15/h3,5-6,13H,4,7-12H2,1-2H3,(H,20,21). The Morgan fingerprint density at radius 1 is 1.35 bits per heavy atom. The van der Waals surface area contributed by atoms with Crippen molar-refractivity contribution in [2.45, 2.75) is 19.3 Å². The summed E-state index contributed by atoms with van der Waals surface area (Å²) in [5, 5.41) is 3.80. The number of nitrogens with zero attached hydrogens (tertiary/aromatic N) is 3. The van der Waals surface area contributed by atoms with E-state index in [1.54, 1.807) is 19.2 Å². The minimum absolute atomic E-state index is 0.0960. The molecule has 0 spiro atoms. The van der Waals surface area contributed by atoms with Crippen LogP contribution in [0.25, 0.3) is 0 Å². The summed E-state index contributed by atoms with van der Waals surface area (Å²) < 4.78 is 5.67. The van der Waals surface area contributed by atoms with Gasteiger partial charge in [0.05, 0.1) is 6.54 Å². The number of imide groups is 1. The number of amides is 2. The average Bonchev–Trinajstić information content (AvgIpc) is 2.61. The van der Waals surface area contributed by atoms with E-state index in [4.69, 9.17) is 16.3 Å². The van der Waals surface area contributed by atoms with E-state index in [2.05, 4.69) is 10.3 Å². The number of halogens is 1. The number of rotatable bonds is 7. The van der Waals surface area contributed by atoms with Crippen molar-refractivity contribution in [2.75, 3.05) is 40.3 Å². The first-order chi connectivity index (χ1) is 12.5. The van der Waals surface area contributed by atoms with Crippen LogP contribution in [-0.4, -0.2) is 67.9 Å². The summed E-state index contributed by atoms with van der Waals surface area (Å²) in [6.45, 7) is 1.90. The molecule has 2 amide bonds. The lowest BCUT2D eigenvalue weighted by Crippen LogP contribution is -2.47. The van der Waals surface area contributed by atoms with Gasteiger partial charge < -0.3 is 15.0 Å². The quantitative estimate of drug-likeness (QED) is 0.443. The van der Waals surface area contributed by atoms with Crippen molar-refractivity contribution < 1.29 is 14.3 Å². The molecule has 1 aliphatic heterocycles. The molecule has 1 heterocycles. The Morgan fingerprint density at radius 3 is 2.73 bits per heavy atom. The Kier molecular flexibility index (Phi) is 7.72. The Bertz CT molecular complexity index is 650. The van der Waals surface area contributed by atoms with Gasteiger partial charge in [-0.15, -0.1) is 0 Å². The molecule has 0 radical (unpaired) electrons. The van der Waals surface area contributed by atoms with Crippen LogP contribution >= 0.6 is 11.6 Å². The molecule has 1 aromatic carbocycles. The Hall–Kier alpha value is -2.28. The molecule has 0 bridgehead atoms. The van der Waals surface area contributed by atoms with E-state index in [1.165, 1.54) is 4.90 Å². The molecule has 0 atom stereocenters. The van der Waals surface area contributed by atoms with Gasteiger partial charge in [0.25, 0.3) is 0 Å². The van der Waals surface area contributed by atoms with Gasteiger partial charge in [0.2, 0.25) is 11.8 Å². The van der Waals surface area contributed by atoms with E-state index >= 15 is 0 Å². The summed E-state index contributed by atoms with van der Waals surface area (Å²) in [7, 11) is 3.59. The maximum Gasteiger partial charge on any atom is 0.229 e. The van der Waals surface area contributed by atoms with Crippen molar-refractivity contribution in [3.8, 4) is 5.75 Å². The summed E-state index contributed by atoms with van der Waals surface area (Å²) in [5.74, 6) is 1.20. The molecule has 0 unspecified atom stereocenters. The molecule has 0 aromatic heterocycles. The third kappa shape index (κ3) is 5.91. The second kappa shape index (κ2) is 10.0. The zero-order valence-electron chi connectivity index (χ0n) is 15.2. The lowest BCUT2D eigenvalue weighted by Gasteiger charge is -2.26. The molecule has 26 heavy (non-hydrogen) atoms. The highest BCUT2D eigenvalue weighted by molar-refractivity contribution is 6.30. The minimum atomic E-state index is -0.0960. The molecular formula is C18H25ClN4O3. The molecule has 0 saturated carbocycles. The second-order valence-corrected chi connectivity index (χ2v) is 6.43. The molecule has 1 fully saturated rings. The number of carbonyl (C=O) groups excluding carboxylic acids is 2. The zero-order chi connectivity index (χ0) is 18.9. The number of nitrogens with one attached hydrogen (secondary N) is 1. The number of likely N-dealkylation sites (tertiary alicyclic amines) is 1. The second-order valence-electron chi connectivity index (χ2n) is 5.99. The fraction of sp³-hybridized carbons (Fsp3) is 0.500. The van der Waals surface area contributed by atoms with E-state index in [1.807, 2.05) is 24.1 Å². The maximum absolute atomic E-state index is 11.8. The van der Waals surface area contributed by atoms with Crippen molar-refractivity contribution in [1.82, 2.24) is 15.1 Å². The summed E-state index contributed by atoms with van der Waals surface area (Å²) in [5.41, 5.74) is 0. The van der Waals surface area contributed by atoms with E-state index in [9.17, 15) is 9.59 Å². The van der Waals surface area contributed by atoms with Crippen LogP contribution in [0.15, 0.2) is 29.3 Å².